The molecule has 2 aromatic rings. The first-order valence-electron chi connectivity index (χ1n) is 7.20. The Morgan fingerprint density at radius 2 is 1.71 bits per heavy atom. The first-order valence-corrected chi connectivity index (χ1v) is 7.58. The highest BCUT2D eigenvalue weighted by molar-refractivity contribution is 6.30. The molecule has 1 heterocycles. The van der Waals surface area contributed by atoms with E-state index in [-0.39, 0.29) is 11.8 Å². The molecule has 1 unspecified atom stereocenters. The van der Waals surface area contributed by atoms with E-state index >= 15 is 0 Å². The minimum Gasteiger partial charge on any atom is -0.322 e. The van der Waals surface area contributed by atoms with Crippen LogP contribution in [0.5, 0.6) is 0 Å². The molecule has 0 bridgehead atoms. The molecule has 6 nitrogen and oxygen atoms in total. The van der Waals surface area contributed by atoms with E-state index in [4.69, 9.17) is 11.6 Å². The van der Waals surface area contributed by atoms with E-state index in [0.717, 1.165) is 4.90 Å². The van der Waals surface area contributed by atoms with Crippen LogP contribution in [0.15, 0.2) is 48.5 Å². The fourth-order valence-electron chi connectivity index (χ4n) is 2.37. The van der Waals surface area contributed by atoms with Crippen molar-refractivity contribution in [2.45, 2.75) is 6.04 Å². The van der Waals surface area contributed by atoms with Gasteiger partial charge in [-0.15, -0.1) is 0 Å². The van der Waals surface area contributed by atoms with Gasteiger partial charge >= 0.3 is 6.03 Å². The van der Waals surface area contributed by atoms with Gasteiger partial charge in [0.2, 0.25) is 0 Å². The number of nitrogens with one attached hydrogen (secondary N) is 2. The van der Waals surface area contributed by atoms with Crippen molar-refractivity contribution in [1.29, 1.82) is 0 Å². The molecule has 0 aliphatic carbocycles. The summed E-state index contributed by atoms with van der Waals surface area (Å²) in [6.45, 7) is 0. The van der Waals surface area contributed by atoms with Gasteiger partial charge in [-0.25, -0.2) is 4.79 Å². The fourth-order valence-corrected chi connectivity index (χ4v) is 2.49. The largest absolute Gasteiger partial charge is 0.324 e. The van der Waals surface area contributed by atoms with Crippen LogP contribution >= 0.6 is 11.6 Å². The van der Waals surface area contributed by atoms with Crippen LogP contribution in [0.3, 0.4) is 0 Å². The highest BCUT2D eigenvalue weighted by Crippen LogP contribution is 2.22. The molecule has 0 radical (unpaired) electrons. The topological polar surface area (TPSA) is 78.5 Å². The average molecular weight is 344 g/mol. The fraction of sp³-hybridized carbons (Fsp3) is 0.118. The number of carbonyl (C=O) groups is 3. The predicted octanol–water partition coefficient (Wildman–Crippen LogP) is 2.82. The summed E-state index contributed by atoms with van der Waals surface area (Å²) in [7, 11) is 1.43. The highest BCUT2D eigenvalue weighted by Gasteiger charge is 2.36. The lowest BCUT2D eigenvalue weighted by Crippen LogP contribution is -2.25. The van der Waals surface area contributed by atoms with Crippen LogP contribution in [0.4, 0.5) is 10.5 Å². The SMILES string of the molecule is CN1C(=O)NC(c2ccc(NC(=O)c3ccc(Cl)cc3)cc2)C1=O. The standard InChI is InChI=1S/C17H14ClN3O3/c1-21-16(23)14(20-17(21)24)10-4-8-13(9-5-10)19-15(22)11-2-6-12(18)7-3-11/h2-9,14H,1H3,(H,19,22)(H,20,24). The van der Waals surface area contributed by atoms with Gasteiger partial charge in [0.15, 0.2) is 0 Å². The molecule has 2 N–H and O–H groups in total. The van der Waals surface area contributed by atoms with Gasteiger partial charge in [-0.1, -0.05) is 23.7 Å². The van der Waals surface area contributed by atoms with Gasteiger partial charge < -0.3 is 10.6 Å². The molecule has 0 aromatic heterocycles. The minimum atomic E-state index is -0.691. The summed E-state index contributed by atoms with van der Waals surface area (Å²) in [6.07, 6.45) is 0. The zero-order valence-electron chi connectivity index (χ0n) is 12.7. The van der Waals surface area contributed by atoms with Crippen molar-refractivity contribution in [2.75, 3.05) is 12.4 Å². The molecule has 1 saturated heterocycles. The van der Waals surface area contributed by atoms with Gasteiger partial charge in [-0.3, -0.25) is 14.5 Å². The summed E-state index contributed by atoms with van der Waals surface area (Å²) < 4.78 is 0. The lowest BCUT2D eigenvalue weighted by Gasteiger charge is -2.10. The number of hydrogen-bond donors (Lipinski definition) is 2. The quantitative estimate of drug-likeness (QED) is 0.841. The second-order valence-electron chi connectivity index (χ2n) is 5.36. The van der Waals surface area contributed by atoms with Gasteiger partial charge in [0, 0.05) is 23.3 Å². The number of imide groups is 1. The van der Waals surface area contributed by atoms with Crippen LogP contribution in [-0.4, -0.2) is 29.8 Å². The third kappa shape index (κ3) is 3.09. The monoisotopic (exact) mass is 343 g/mol. The van der Waals surface area contributed by atoms with Crippen LogP contribution in [-0.2, 0) is 4.79 Å². The molecule has 3 rings (SSSR count). The van der Waals surface area contributed by atoms with Crippen molar-refractivity contribution in [3.63, 3.8) is 0 Å². The molecule has 1 fully saturated rings. The third-order valence-corrected chi connectivity index (χ3v) is 4.01. The number of nitrogens with zero attached hydrogens (tertiary/aromatic N) is 1. The minimum absolute atomic E-state index is 0.260. The van der Waals surface area contributed by atoms with Crippen molar-refractivity contribution < 1.29 is 14.4 Å². The number of benzene rings is 2. The van der Waals surface area contributed by atoms with Crippen molar-refractivity contribution in [1.82, 2.24) is 10.2 Å². The number of likely N-dealkylation sites (N-methyl/N-ethyl adjacent to an activating group) is 1. The maximum absolute atomic E-state index is 12.1. The highest BCUT2D eigenvalue weighted by atomic mass is 35.5. The Morgan fingerprint density at radius 3 is 2.25 bits per heavy atom. The smallest absolute Gasteiger partial charge is 0.322 e. The van der Waals surface area contributed by atoms with Crippen LogP contribution < -0.4 is 10.6 Å². The zero-order chi connectivity index (χ0) is 17.3. The zero-order valence-corrected chi connectivity index (χ0v) is 13.5. The lowest BCUT2D eigenvalue weighted by molar-refractivity contribution is -0.126. The molecule has 0 spiro atoms. The summed E-state index contributed by atoms with van der Waals surface area (Å²) in [4.78, 5) is 36.6. The molecule has 4 amide bonds. The number of rotatable bonds is 3. The molecular formula is C17H14ClN3O3. The van der Waals surface area contributed by atoms with Crippen molar-refractivity contribution in [2.24, 2.45) is 0 Å². The first kappa shape index (κ1) is 16.0. The van der Waals surface area contributed by atoms with E-state index in [1.165, 1.54) is 7.05 Å². The molecule has 122 valence electrons. The van der Waals surface area contributed by atoms with Crippen LogP contribution in [0, 0.1) is 0 Å². The number of urea groups is 1. The van der Waals surface area contributed by atoms with Crippen LogP contribution in [0.1, 0.15) is 22.0 Å². The Balaban J connectivity index is 1.71. The molecule has 0 saturated carbocycles. The summed E-state index contributed by atoms with van der Waals surface area (Å²) in [6, 6.07) is 12.2. The third-order valence-electron chi connectivity index (χ3n) is 3.76. The van der Waals surface area contributed by atoms with Crippen molar-refractivity contribution in [3.05, 3.63) is 64.7 Å². The molecule has 2 aromatic carbocycles. The van der Waals surface area contributed by atoms with Crippen LogP contribution in [0.25, 0.3) is 0 Å². The first-order chi connectivity index (χ1) is 11.5. The average Bonchev–Trinajstić information content (AvgIpc) is 2.84. The molecular weight excluding hydrogens is 330 g/mol. The van der Waals surface area contributed by atoms with Crippen molar-refractivity contribution in [3.8, 4) is 0 Å². The van der Waals surface area contributed by atoms with Crippen LogP contribution in [0.2, 0.25) is 5.02 Å². The van der Waals surface area contributed by atoms with E-state index in [9.17, 15) is 14.4 Å². The van der Waals surface area contributed by atoms with E-state index in [0.29, 0.717) is 21.8 Å². The Hall–Kier alpha value is -2.86. The maximum Gasteiger partial charge on any atom is 0.324 e. The Kier molecular flexibility index (Phi) is 4.22. The second-order valence-corrected chi connectivity index (χ2v) is 5.80. The summed E-state index contributed by atoms with van der Waals surface area (Å²) in [5, 5.41) is 5.92. The number of carbonyl (C=O) groups excluding carboxylic acids is 3. The predicted molar refractivity (Wildman–Crippen MR) is 89.9 cm³/mol. The molecule has 1 atom stereocenters. The van der Waals surface area contributed by atoms with E-state index < -0.39 is 12.1 Å². The van der Waals surface area contributed by atoms with E-state index in [2.05, 4.69) is 10.6 Å². The summed E-state index contributed by atoms with van der Waals surface area (Å²) >= 11 is 5.80. The van der Waals surface area contributed by atoms with E-state index in [1.807, 2.05) is 0 Å². The van der Waals surface area contributed by atoms with Gasteiger partial charge in [0.25, 0.3) is 11.8 Å². The maximum atomic E-state index is 12.1. The molecule has 24 heavy (non-hydrogen) atoms. The second kappa shape index (κ2) is 6.33. The van der Waals surface area contributed by atoms with Gasteiger partial charge in [-0.2, -0.15) is 0 Å². The number of amides is 4. The van der Waals surface area contributed by atoms with Gasteiger partial charge in [0.1, 0.15) is 6.04 Å². The Morgan fingerprint density at radius 1 is 1.08 bits per heavy atom. The van der Waals surface area contributed by atoms with Crippen molar-refractivity contribution >= 4 is 35.1 Å². The van der Waals surface area contributed by atoms with Gasteiger partial charge in [-0.05, 0) is 42.0 Å². The van der Waals surface area contributed by atoms with E-state index in [1.54, 1.807) is 48.5 Å². The number of hydrogen-bond acceptors (Lipinski definition) is 3. The Labute approximate surface area is 143 Å². The summed E-state index contributed by atoms with van der Waals surface area (Å²) in [5.74, 6) is -0.567. The Bertz CT molecular complexity index is 803. The number of halogens is 1. The molecule has 7 heteroatoms. The lowest BCUT2D eigenvalue weighted by atomic mass is 10.1. The van der Waals surface area contributed by atoms with Gasteiger partial charge in [0.05, 0.1) is 0 Å². The normalized spacial score (nSPS) is 16.9. The molecule has 1 aliphatic heterocycles. The number of anilines is 1. The summed E-state index contributed by atoms with van der Waals surface area (Å²) in [5.41, 5.74) is 1.73. The molecule has 1 aliphatic rings.